The van der Waals surface area contributed by atoms with E-state index in [9.17, 15) is 4.79 Å². The van der Waals surface area contributed by atoms with Crippen LogP contribution in [0.3, 0.4) is 0 Å². The van der Waals surface area contributed by atoms with Gasteiger partial charge in [-0.05, 0) is 37.0 Å². The number of hydrogen-bond donors (Lipinski definition) is 0. The van der Waals surface area contributed by atoms with Crippen molar-refractivity contribution in [2.75, 3.05) is 0 Å². The highest BCUT2D eigenvalue weighted by Crippen LogP contribution is 2.48. The number of carbonyl (C=O) groups is 1. The van der Waals surface area contributed by atoms with Crippen LogP contribution in [0.15, 0.2) is 0 Å². The molecule has 0 aromatic rings. The molecule has 0 aromatic heterocycles. The van der Waals surface area contributed by atoms with Gasteiger partial charge in [-0.15, -0.1) is 0 Å². The number of rotatable bonds is 4. The summed E-state index contributed by atoms with van der Waals surface area (Å²) in [4.78, 5) is 11.1. The quantitative estimate of drug-likeness (QED) is 0.679. The van der Waals surface area contributed by atoms with E-state index in [0.717, 1.165) is 24.7 Å². The molecule has 0 spiro atoms. The first kappa shape index (κ1) is 12.7. The van der Waals surface area contributed by atoms with Gasteiger partial charge in [-0.1, -0.05) is 40.0 Å². The third kappa shape index (κ3) is 3.06. The minimum absolute atomic E-state index is 0.353. The molecule has 0 heterocycles. The summed E-state index contributed by atoms with van der Waals surface area (Å²) >= 11 is 0. The Kier molecular flexibility index (Phi) is 4.36. The third-order valence-electron chi connectivity index (χ3n) is 4.60. The van der Waals surface area contributed by atoms with Crippen LogP contribution in [-0.2, 0) is 4.79 Å². The fraction of sp³-hybridized carbons (Fsp3) is 0.929. The van der Waals surface area contributed by atoms with Gasteiger partial charge in [0.15, 0.2) is 0 Å². The summed E-state index contributed by atoms with van der Waals surface area (Å²) in [6.07, 6.45) is 7.25. The van der Waals surface area contributed by atoms with Crippen molar-refractivity contribution in [2.24, 2.45) is 17.3 Å². The van der Waals surface area contributed by atoms with Crippen molar-refractivity contribution in [3.05, 3.63) is 0 Å². The van der Waals surface area contributed by atoms with Crippen LogP contribution in [0.2, 0.25) is 0 Å². The molecule has 1 nitrogen and oxygen atoms in total. The van der Waals surface area contributed by atoms with Crippen LogP contribution in [0.1, 0.15) is 66.2 Å². The minimum Gasteiger partial charge on any atom is -0.300 e. The molecule has 1 saturated carbocycles. The zero-order valence-electron chi connectivity index (χ0n) is 10.8. The summed E-state index contributed by atoms with van der Waals surface area (Å²) in [7, 11) is 0. The number of carbonyl (C=O) groups excluding carboxylic acids is 1. The monoisotopic (exact) mass is 210 g/mol. The van der Waals surface area contributed by atoms with E-state index < -0.39 is 0 Å². The SMILES string of the molecule is CC[C@]1(C)CCC[C@@H](C)[C@H]1CCC(C)=O. The Morgan fingerprint density at radius 3 is 2.67 bits per heavy atom. The minimum atomic E-state index is 0.353. The molecule has 0 bridgehead atoms. The van der Waals surface area contributed by atoms with E-state index in [0.29, 0.717) is 11.2 Å². The maximum atomic E-state index is 11.1. The van der Waals surface area contributed by atoms with E-state index in [-0.39, 0.29) is 0 Å². The van der Waals surface area contributed by atoms with Crippen molar-refractivity contribution >= 4 is 5.78 Å². The molecule has 1 heteroatoms. The van der Waals surface area contributed by atoms with Gasteiger partial charge in [-0.2, -0.15) is 0 Å². The lowest BCUT2D eigenvalue weighted by Crippen LogP contribution is -2.35. The fourth-order valence-corrected chi connectivity index (χ4v) is 3.33. The largest absolute Gasteiger partial charge is 0.300 e. The zero-order chi connectivity index (χ0) is 11.5. The topological polar surface area (TPSA) is 17.1 Å². The molecule has 1 fully saturated rings. The molecular formula is C14H26O. The lowest BCUT2D eigenvalue weighted by Gasteiger charge is -2.45. The predicted molar refractivity (Wildman–Crippen MR) is 64.8 cm³/mol. The van der Waals surface area contributed by atoms with Crippen molar-refractivity contribution in [1.82, 2.24) is 0 Å². The van der Waals surface area contributed by atoms with Crippen molar-refractivity contribution in [3.8, 4) is 0 Å². The predicted octanol–water partition coefficient (Wildman–Crippen LogP) is 4.21. The molecule has 0 N–H and O–H groups in total. The van der Waals surface area contributed by atoms with E-state index in [2.05, 4.69) is 20.8 Å². The van der Waals surface area contributed by atoms with Gasteiger partial charge in [0.1, 0.15) is 5.78 Å². The second kappa shape index (κ2) is 5.14. The van der Waals surface area contributed by atoms with Gasteiger partial charge < -0.3 is 4.79 Å². The summed E-state index contributed by atoms with van der Waals surface area (Å²) in [5.74, 6) is 1.93. The molecule has 0 unspecified atom stereocenters. The molecule has 0 amide bonds. The second-order valence-electron chi connectivity index (χ2n) is 5.72. The van der Waals surface area contributed by atoms with Crippen LogP contribution >= 0.6 is 0 Å². The molecule has 1 rings (SSSR count). The van der Waals surface area contributed by atoms with E-state index in [1.54, 1.807) is 6.92 Å². The first-order chi connectivity index (χ1) is 6.99. The average Bonchev–Trinajstić information content (AvgIpc) is 2.16. The Bertz CT molecular complexity index is 221. The van der Waals surface area contributed by atoms with E-state index in [1.807, 2.05) is 0 Å². The van der Waals surface area contributed by atoms with Crippen LogP contribution in [-0.4, -0.2) is 5.78 Å². The Labute approximate surface area is 94.6 Å². The molecule has 0 saturated heterocycles. The summed E-state index contributed by atoms with van der Waals surface area (Å²) < 4.78 is 0. The van der Waals surface area contributed by atoms with Gasteiger partial charge in [-0.25, -0.2) is 0 Å². The third-order valence-corrected chi connectivity index (χ3v) is 4.60. The lowest BCUT2D eigenvalue weighted by molar-refractivity contribution is -0.117. The Morgan fingerprint density at radius 2 is 2.13 bits per heavy atom. The highest BCUT2D eigenvalue weighted by molar-refractivity contribution is 5.75. The average molecular weight is 210 g/mol. The first-order valence-electron chi connectivity index (χ1n) is 6.49. The van der Waals surface area contributed by atoms with Gasteiger partial charge >= 0.3 is 0 Å². The highest BCUT2D eigenvalue weighted by Gasteiger charge is 2.38. The fourth-order valence-electron chi connectivity index (χ4n) is 3.33. The Balaban J connectivity index is 2.64. The van der Waals surface area contributed by atoms with Gasteiger partial charge in [0.2, 0.25) is 0 Å². The molecule has 3 atom stereocenters. The van der Waals surface area contributed by atoms with Gasteiger partial charge in [0.05, 0.1) is 0 Å². The standard InChI is InChI=1S/C14H26O/c1-5-14(4)10-6-7-11(2)13(14)9-8-12(3)15/h11,13H,5-10H2,1-4H3/t11-,13-,14-/m1/s1. The first-order valence-corrected chi connectivity index (χ1v) is 6.49. The molecule has 88 valence electrons. The van der Waals surface area contributed by atoms with Crippen LogP contribution in [0, 0.1) is 17.3 Å². The maximum Gasteiger partial charge on any atom is 0.129 e. The maximum absolute atomic E-state index is 11.1. The smallest absolute Gasteiger partial charge is 0.129 e. The molecule has 1 aliphatic carbocycles. The van der Waals surface area contributed by atoms with Crippen molar-refractivity contribution < 1.29 is 4.79 Å². The van der Waals surface area contributed by atoms with E-state index in [1.165, 1.54) is 25.7 Å². The Hall–Kier alpha value is -0.330. The number of Topliss-reactive ketones (excluding diaryl/α,β-unsaturated/α-hetero) is 1. The van der Waals surface area contributed by atoms with Crippen molar-refractivity contribution in [3.63, 3.8) is 0 Å². The molecular weight excluding hydrogens is 184 g/mol. The second-order valence-corrected chi connectivity index (χ2v) is 5.72. The summed E-state index contributed by atoms with van der Waals surface area (Å²) in [5, 5.41) is 0. The van der Waals surface area contributed by atoms with Crippen LogP contribution in [0.25, 0.3) is 0 Å². The van der Waals surface area contributed by atoms with Gasteiger partial charge in [0, 0.05) is 6.42 Å². The summed E-state index contributed by atoms with van der Waals surface area (Å²) in [5.41, 5.74) is 0.493. The van der Waals surface area contributed by atoms with Crippen LogP contribution < -0.4 is 0 Å². The van der Waals surface area contributed by atoms with E-state index in [4.69, 9.17) is 0 Å². The number of ketones is 1. The molecule has 0 radical (unpaired) electrons. The summed E-state index contributed by atoms with van der Waals surface area (Å²) in [6.45, 7) is 8.82. The molecule has 1 aliphatic rings. The lowest BCUT2D eigenvalue weighted by atomic mass is 9.60. The van der Waals surface area contributed by atoms with Crippen molar-refractivity contribution in [2.45, 2.75) is 66.2 Å². The molecule has 0 aliphatic heterocycles. The van der Waals surface area contributed by atoms with Crippen molar-refractivity contribution in [1.29, 1.82) is 0 Å². The number of hydrogen-bond acceptors (Lipinski definition) is 1. The van der Waals surface area contributed by atoms with Gasteiger partial charge in [0.25, 0.3) is 0 Å². The molecule has 0 aromatic carbocycles. The Morgan fingerprint density at radius 1 is 1.47 bits per heavy atom. The molecule has 15 heavy (non-hydrogen) atoms. The normalized spacial score (nSPS) is 36.5. The van der Waals surface area contributed by atoms with Crippen LogP contribution in [0.5, 0.6) is 0 Å². The van der Waals surface area contributed by atoms with Gasteiger partial charge in [-0.3, -0.25) is 0 Å². The highest BCUT2D eigenvalue weighted by atomic mass is 16.1. The van der Waals surface area contributed by atoms with Crippen LogP contribution in [0.4, 0.5) is 0 Å². The zero-order valence-corrected chi connectivity index (χ0v) is 10.8. The van der Waals surface area contributed by atoms with E-state index >= 15 is 0 Å². The summed E-state index contributed by atoms with van der Waals surface area (Å²) in [6, 6.07) is 0.